The van der Waals surface area contributed by atoms with E-state index >= 15 is 0 Å². The molecule has 0 aromatic heterocycles. The van der Waals surface area contributed by atoms with Gasteiger partial charge in [0.25, 0.3) is 5.69 Å². The fourth-order valence-electron chi connectivity index (χ4n) is 5.74. The molecular formula is C29H31Cl2N3O4S2. The second kappa shape index (κ2) is 12.0. The normalized spacial score (nSPS) is 17.7. The molecule has 40 heavy (non-hydrogen) atoms. The van der Waals surface area contributed by atoms with Crippen molar-refractivity contribution >= 4 is 50.7 Å². The Bertz CT molecular complexity index is 1490. The second-order valence-corrected chi connectivity index (χ2v) is 14.5. The minimum absolute atomic E-state index is 0.0181. The molecule has 0 aliphatic carbocycles. The number of benzene rings is 3. The second-order valence-electron chi connectivity index (χ2n) is 10.6. The maximum atomic E-state index is 13.3. The smallest absolute Gasteiger partial charge is 0.269 e. The van der Waals surface area contributed by atoms with Crippen LogP contribution in [0.25, 0.3) is 0 Å². The van der Waals surface area contributed by atoms with Crippen LogP contribution in [0.15, 0.2) is 76.5 Å². The molecule has 7 nitrogen and oxygen atoms in total. The molecule has 0 saturated carbocycles. The van der Waals surface area contributed by atoms with Crippen LogP contribution < -0.4 is 0 Å². The summed E-state index contributed by atoms with van der Waals surface area (Å²) in [6.45, 7) is 3.07. The zero-order valence-corrected chi connectivity index (χ0v) is 25.3. The van der Waals surface area contributed by atoms with E-state index in [0.29, 0.717) is 10.0 Å². The summed E-state index contributed by atoms with van der Waals surface area (Å²) in [5, 5.41) is 11.9. The van der Waals surface area contributed by atoms with Gasteiger partial charge in [0.1, 0.15) is 0 Å². The van der Waals surface area contributed by atoms with Gasteiger partial charge in [-0.05, 0) is 86.3 Å². The minimum atomic E-state index is -3.85. The molecule has 212 valence electrons. The number of halogens is 2. The van der Waals surface area contributed by atoms with Crippen LogP contribution in [-0.4, -0.2) is 61.5 Å². The number of non-ortho nitro benzene ring substituents is 1. The van der Waals surface area contributed by atoms with Crippen molar-refractivity contribution in [3.63, 3.8) is 0 Å². The van der Waals surface area contributed by atoms with Crippen LogP contribution in [-0.2, 0) is 15.4 Å². The van der Waals surface area contributed by atoms with Crippen LogP contribution in [0.4, 0.5) is 5.69 Å². The van der Waals surface area contributed by atoms with Gasteiger partial charge >= 0.3 is 0 Å². The summed E-state index contributed by atoms with van der Waals surface area (Å²) in [5.74, 6) is 1.02. The summed E-state index contributed by atoms with van der Waals surface area (Å²) in [4.78, 5) is 14.4. The molecule has 2 aliphatic rings. The molecule has 3 aromatic carbocycles. The first-order chi connectivity index (χ1) is 19.1. The average molecular weight is 621 g/mol. The highest BCUT2D eigenvalue weighted by Crippen LogP contribution is 2.49. The first-order valence-electron chi connectivity index (χ1n) is 13.2. The van der Waals surface area contributed by atoms with Crippen LogP contribution in [0.5, 0.6) is 0 Å². The Labute approximate surface area is 249 Å². The van der Waals surface area contributed by atoms with Gasteiger partial charge in [0.15, 0.2) is 0 Å². The first-order valence-corrected chi connectivity index (χ1v) is 16.4. The lowest BCUT2D eigenvalue weighted by molar-refractivity contribution is -0.384. The predicted molar refractivity (Wildman–Crippen MR) is 161 cm³/mol. The van der Waals surface area contributed by atoms with Crippen LogP contribution in [0.2, 0.25) is 10.0 Å². The number of thioether (sulfide) groups is 1. The molecule has 2 aliphatic heterocycles. The number of nitro benzene ring substituents is 1. The number of rotatable bonds is 9. The molecule has 2 heterocycles. The van der Waals surface area contributed by atoms with Gasteiger partial charge in [-0.1, -0.05) is 47.5 Å². The maximum Gasteiger partial charge on any atom is 0.269 e. The van der Waals surface area contributed by atoms with Crippen LogP contribution >= 0.6 is 35.0 Å². The Morgan fingerprint density at radius 1 is 1.05 bits per heavy atom. The van der Waals surface area contributed by atoms with Crippen LogP contribution in [0, 0.1) is 10.1 Å². The van der Waals surface area contributed by atoms with Gasteiger partial charge in [0.05, 0.1) is 19.9 Å². The number of hydrogen-bond acceptors (Lipinski definition) is 6. The van der Waals surface area contributed by atoms with E-state index in [1.165, 1.54) is 39.0 Å². The van der Waals surface area contributed by atoms with E-state index in [1.807, 2.05) is 23.9 Å². The first kappa shape index (κ1) is 29.4. The van der Waals surface area contributed by atoms with Gasteiger partial charge in [-0.25, -0.2) is 12.7 Å². The number of nitro groups is 1. The Kier molecular flexibility index (Phi) is 8.80. The highest BCUT2D eigenvalue weighted by molar-refractivity contribution is 7.99. The van der Waals surface area contributed by atoms with Crippen molar-refractivity contribution in [2.45, 2.75) is 40.4 Å². The summed E-state index contributed by atoms with van der Waals surface area (Å²) in [7, 11) is -2.31. The molecule has 1 fully saturated rings. The van der Waals surface area contributed by atoms with Crippen molar-refractivity contribution in [2.24, 2.45) is 0 Å². The van der Waals surface area contributed by atoms with E-state index < -0.39 is 14.9 Å². The number of likely N-dealkylation sites (N-methyl/N-ethyl adjacent to an activating group) is 1. The Morgan fingerprint density at radius 2 is 1.75 bits per heavy atom. The molecule has 1 atom stereocenters. The number of piperidine rings is 1. The van der Waals surface area contributed by atoms with Gasteiger partial charge in [-0.15, -0.1) is 11.8 Å². The van der Waals surface area contributed by atoms with Crippen LogP contribution in [0.3, 0.4) is 0 Å². The fourth-order valence-corrected chi connectivity index (χ4v) is 8.75. The number of hydrogen-bond donors (Lipinski definition) is 0. The molecule has 11 heteroatoms. The van der Waals surface area contributed by atoms with Gasteiger partial charge < -0.3 is 4.90 Å². The van der Waals surface area contributed by atoms with E-state index in [4.69, 9.17) is 23.2 Å². The quantitative estimate of drug-likeness (QED) is 0.193. The van der Waals surface area contributed by atoms with E-state index in [9.17, 15) is 18.5 Å². The summed E-state index contributed by atoms with van der Waals surface area (Å²) in [6, 6.07) is 19.2. The Hall–Kier alpha value is -2.14. The fraction of sp³-hybridized carbons (Fsp3) is 0.379. The molecular weight excluding hydrogens is 589 g/mol. The van der Waals surface area contributed by atoms with Crippen molar-refractivity contribution in [1.82, 2.24) is 9.21 Å². The van der Waals surface area contributed by atoms with E-state index in [2.05, 4.69) is 29.2 Å². The molecule has 1 spiro atoms. The molecule has 5 rings (SSSR count). The van der Waals surface area contributed by atoms with Gasteiger partial charge in [0.2, 0.25) is 10.0 Å². The number of sulfonamides is 1. The van der Waals surface area contributed by atoms with Crippen molar-refractivity contribution in [3.8, 4) is 0 Å². The largest absolute Gasteiger partial charge is 0.303 e. The number of nitrogens with zero attached hydrogens (tertiary/aromatic N) is 3. The van der Waals surface area contributed by atoms with Crippen molar-refractivity contribution in [3.05, 3.63) is 98.0 Å². The summed E-state index contributed by atoms with van der Waals surface area (Å²) < 4.78 is 28.0. The molecule has 1 unspecified atom stereocenters. The zero-order chi connectivity index (χ0) is 28.5. The summed E-state index contributed by atoms with van der Waals surface area (Å²) >= 11 is 14.5. The lowest BCUT2D eigenvalue weighted by Gasteiger charge is -2.40. The Balaban J connectivity index is 1.29. The van der Waals surface area contributed by atoms with Crippen molar-refractivity contribution in [1.29, 1.82) is 0 Å². The summed E-state index contributed by atoms with van der Waals surface area (Å²) in [5.41, 5.74) is 2.51. The molecule has 1 saturated heterocycles. The third-order valence-corrected chi connectivity index (χ3v) is 12.2. The molecule has 0 amide bonds. The lowest BCUT2D eigenvalue weighted by Crippen LogP contribution is -2.43. The molecule has 0 bridgehead atoms. The highest BCUT2D eigenvalue weighted by Gasteiger charge is 2.41. The van der Waals surface area contributed by atoms with Crippen molar-refractivity contribution < 1.29 is 13.3 Å². The molecule has 0 N–H and O–H groups in total. The zero-order valence-electron chi connectivity index (χ0n) is 22.1. The van der Waals surface area contributed by atoms with Gasteiger partial charge in [-0.3, -0.25) is 10.1 Å². The number of fused-ring (bicyclic) bond motifs is 2. The third-order valence-electron chi connectivity index (χ3n) is 8.22. The summed E-state index contributed by atoms with van der Waals surface area (Å²) in [6.07, 6.45) is 2.97. The minimum Gasteiger partial charge on any atom is -0.303 e. The SMILES string of the molecule is CN(CC(CCN1CCC2(CC1)CSc1ccccc12)c1ccc(Cl)c(Cl)c1)S(=O)(=O)c1ccc([N+](=O)[O-])cc1. The van der Waals surface area contributed by atoms with E-state index in [0.717, 1.165) is 50.2 Å². The standard InChI is InChI=1S/C29H31Cl2N3O4S2/c1-32(40(37,38)24-9-7-23(8-10-24)34(35)36)19-22(21-6-11-26(30)27(31)18-21)12-15-33-16-13-29(14-17-33)20-39-28-5-3-2-4-25(28)29/h2-11,18,22H,12-17,19-20H2,1H3. The van der Waals surface area contributed by atoms with Crippen molar-refractivity contribution in [2.75, 3.05) is 39.0 Å². The predicted octanol–water partition coefficient (Wildman–Crippen LogP) is 6.84. The lowest BCUT2D eigenvalue weighted by atomic mass is 9.74. The third kappa shape index (κ3) is 6.05. The number of likely N-dealkylation sites (tertiary alicyclic amines) is 1. The van der Waals surface area contributed by atoms with E-state index in [1.54, 1.807) is 13.1 Å². The maximum absolute atomic E-state index is 13.3. The highest BCUT2D eigenvalue weighted by atomic mass is 35.5. The van der Waals surface area contributed by atoms with Crippen LogP contribution in [0.1, 0.15) is 36.3 Å². The topological polar surface area (TPSA) is 83.8 Å². The van der Waals surface area contributed by atoms with Gasteiger partial charge in [-0.2, -0.15) is 0 Å². The van der Waals surface area contributed by atoms with E-state index in [-0.39, 0.29) is 28.5 Å². The van der Waals surface area contributed by atoms with Gasteiger partial charge in [0, 0.05) is 41.8 Å². The average Bonchev–Trinajstić information content (AvgIpc) is 3.31. The Morgan fingerprint density at radius 3 is 2.42 bits per heavy atom. The monoisotopic (exact) mass is 619 g/mol. The molecule has 3 aromatic rings. The molecule has 0 radical (unpaired) electrons.